The van der Waals surface area contributed by atoms with Crippen LogP contribution < -0.4 is 4.90 Å². The summed E-state index contributed by atoms with van der Waals surface area (Å²) in [5.41, 5.74) is 3.48. The molecule has 7 heteroatoms. The van der Waals surface area contributed by atoms with Gasteiger partial charge in [-0.1, -0.05) is 80.9 Å². The molecule has 0 saturated carbocycles. The lowest BCUT2D eigenvalue weighted by atomic mass is 9.92. The van der Waals surface area contributed by atoms with Crippen molar-refractivity contribution < 1.29 is 24.2 Å². The van der Waals surface area contributed by atoms with Crippen LogP contribution in [0.4, 0.5) is 5.69 Å². The van der Waals surface area contributed by atoms with Gasteiger partial charge in [0.1, 0.15) is 12.2 Å². The molecule has 0 aromatic heterocycles. The first kappa shape index (κ1) is 27.8. The molecule has 2 aliphatic rings. The number of aryl methyl sites for hydroxylation is 1. The molecule has 1 N–H and O–H groups in total. The summed E-state index contributed by atoms with van der Waals surface area (Å²) in [6, 6.07) is 20.3. The number of aliphatic carboxylic acids is 1. The van der Waals surface area contributed by atoms with Crippen molar-refractivity contribution in [2.75, 3.05) is 24.5 Å². The van der Waals surface area contributed by atoms with E-state index in [-0.39, 0.29) is 30.2 Å². The van der Waals surface area contributed by atoms with Gasteiger partial charge in [-0.15, -0.1) is 0 Å². The van der Waals surface area contributed by atoms with Crippen molar-refractivity contribution >= 4 is 34.2 Å². The average Bonchev–Trinajstić information content (AvgIpc) is 3.02. The molecule has 2 heterocycles. The van der Waals surface area contributed by atoms with Crippen LogP contribution in [0, 0.1) is 18.3 Å². The van der Waals surface area contributed by atoms with Gasteiger partial charge in [0.25, 0.3) is 5.91 Å². The van der Waals surface area contributed by atoms with Gasteiger partial charge in [-0.3, -0.25) is 14.4 Å². The van der Waals surface area contributed by atoms with E-state index in [0.29, 0.717) is 25.9 Å². The number of fused-ring (bicyclic) bond motifs is 2. The highest BCUT2D eigenvalue weighted by atomic mass is 16.5. The summed E-state index contributed by atoms with van der Waals surface area (Å²) in [6.07, 6.45) is -0.547. The van der Waals surface area contributed by atoms with E-state index in [4.69, 9.17) is 4.74 Å². The fraction of sp³-hybridized carbons (Fsp3) is 0.424. The summed E-state index contributed by atoms with van der Waals surface area (Å²) in [5.74, 6) is -1.98. The van der Waals surface area contributed by atoms with Gasteiger partial charge in [-0.2, -0.15) is 0 Å². The van der Waals surface area contributed by atoms with E-state index in [1.807, 2.05) is 43.3 Å². The Bertz CT molecular complexity index is 1440. The molecule has 210 valence electrons. The number of ether oxygens (including phenoxy) is 1. The number of carboxylic acids is 1. The first-order chi connectivity index (χ1) is 19.0. The predicted molar refractivity (Wildman–Crippen MR) is 155 cm³/mol. The minimum Gasteiger partial charge on any atom is -0.481 e. The maximum atomic E-state index is 14.2. The number of piperidine rings is 1. The molecule has 0 bridgehead atoms. The molecule has 3 atom stereocenters. The number of anilines is 1. The number of nitrogens with zero attached hydrogens (tertiary/aromatic N) is 2. The van der Waals surface area contributed by atoms with Gasteiger partial charge in [0, 0.05) is 30.9 Å². The highest BCUT2D eigenvalue weighted by Crippen LogP contribution is 2.42. The molecule has 5 rings (SSSR count). The predicted octanol–water partition coefficient (Wildman–Crippen LogP) is 5.73. The van der Waals surface area contributed by atoms with Gasteiger partial charge in [-0.25, -0.2) is 0 Å². The first-order valence-electron chi connectivity index (χ1n) is 14.1. The van der Waals surface area contributed by atoms with E-state index in [2.05, 4.69) is 45.0 Å². The van der Waals surface area contributed by atoms with E-state index in [1.54, 1.807) is 9.80 Å². The number of likely N-dealkylation sites (tertiary alicyclic amines) is 1. The normalized spacial score (nSPS) is 21.7. The van der Waals surface area contributed by atoms with Crippen LogP contribution in [0.5, 0.6) is 0 Å². The Morgan fingerprint density at radius 2 is 1.77 bits per heavy atom. The largest absolute Gasteiger partial charge is 0.481 e. The third-order valence-corrected chi connectivity index (χ3v) is 7.82. The van der Waals surface area contributed by atoms with Gasteiger partial charge >= 0.3 is 5.97 Å². The fourth-order valence-electron chi connectivity index (χ4n) is 5.90. The SMILES string of the molecule is Cc1ccc2c(c1)C(c1cccc3ccccc13)OC(CC(=O)N1CCCC(C(=O)O)C1)C(=O)N2CC(C)(C)C. The summed E-state index contributed by atoms with van der Waals surface area (Å²) in [5, 5.41) is 11.6. The highest BCUT2D eigenvalue weighted by Gasteiger charge is 2.40. The molecular formula is C33H38N2O5. The van der Waals surface area contributed by atoms with E-state index in [0.717, 1.165) is 33.2 Å². The number of carboxylic acid groups (broad SMARTS) is 1. The molecule has 3 unspecified atom stereocenters. The molecule has 40 heavy (non-hydrogen) atoms. The van der Waals surface area contributed by atoms with Crippen molar-refractivity contribution in [3.8, 4) is 0 Å². The maximum Gasteiger partial charge on any atom is 0.308 e. The molecule has 3 aromatic rings. The third kappa shape index (κ3) is 5.75. The molecule has 0 radical (unpaired) electrons. The summed E-state index contributed by atoms with van der Waals surface area (Å²) >= 11 is 0. The van der Waals surface area contributed by atoms with Crippen LogP contribution in [0.25, 0.3) is 10.8 Å². The second-order valence-corrected chi connectivity index (χ2v) is 12.3. The minimum atomic E-state index is -1.02. The zero-order valence-electron chi connectivity index (χ0n) is 23.7. The van der Waals surface area contributed by atoms with Gasteiger partial charge in [0.2, 0.25) is 5.91 Å². The number of carbonyl (C=O) groups is 3. The Hall–Kier alpha value is -3.71. The van der Waals surface area contributed by atoms with Crippen molar-refractivity contribution in [2.24, 2.45) is 11.3 Å². The second-order valence-electron chi connectivity index (χ2n) is 12.3. The van der Waals surface area contributed by atoms with Gasteiger partial charge in [0.15, 0.2) is 0 Å². The number of amides is 2. The van der Waals surface area contributed by atoms with Crippen LogP contribution in [0.3, 0.4) is 0 Å². The molecule has 2 amide bonds. The molecule has 7 nitrogen and oxygen atoms in total. The van der Waals surface area contributed by atoms with Crippen molar-refractivity contribution in [1.82, 2.24) is 4.90 Å². The van der Waals surface area contributed by atoms with Crippen molar-refractivity contribution in [3.05, 3.63) is 77.4 Å². The lowest BCUT2D eigenvalue weighted by Crippen LogP contribution is -2.47. The van der Waals surface area contributed by atoms with Gasteiger partial charge < -0.3 is 19.6 Å². The third-order valence-electron chi connectivity index (χ3n) is 7.82. The van der Waals surface area contributed by atoms with Crippen molar-refractivity contribution in [1.29, 1.82) is 0 Å². The zero-order valence-corrected chi connectivity index (χ0v) is 23.7. The number of hydrogen-bond donors (Lipinski definition) is 1. The van der Waals surface area contributed by atoms with Gasteiger partial charge in [-0.05, 0) is 47.6 Å². The van der Waals surface area contributed by atoms with E-state index >= 15 is 0 Å². The first-order valence-corrected chi connectivity index (χ1v) is 14.1. The number of benzene rings is 3. The Morgan fingerprint density at radius 1 is 1.02 bits per heavy atom. The average molecular weight is 543 g/mol. The summed E-state index contributed by atoms with van der Waals surface area (Å²) in [6.45, 7) is 9.39. The molecule has 0 aliphatic carbocycles. The van der Waals surface area contributed by atoms with Crippen LogP contribution in [0.15, 0.2) is 60.7 Å². The van der Waals surface area contributed by atoms with Crippen LogP contribution in [0.2, 0.25) is 0 Å². The van der Waals surface area contributed by atoms with E-state index in [9.17, 15) is 19.5 Å². The molecule has 0 spiro atoms. The quantitative estimate of drug-likeness (QED) is 0.445. The monoisotopic (exact) mass is 542 g/mol. The number of carbonyl (C=O) groups excluding carboxylic acids is 2. The van der Waals surface area contributed by atoms with Crippen LogP contribution >= 0.6 is 0 Å². The standard InChI is InChI=1S/C33H38N2O5/c1-21-14-15-27-26(17-21)30(25-13-7-10-22-9-5-6-12-24(22)25)40-28(31(37)35(27)20-33(2,3)4)18-29(36)34-16-8-11-23(19-34)32(38)39/h5-7,9-10,12-15,17,23,28,30H,8,11,16,18-20H2,1-4H3,(H,38,39). The van der Waals surface area contributed by atoms with Crippen molar-refractivity contribution in [3.63, 3.8) is 0 Å². The second kappa shape index (κ2) is 11.0. The van der Waals surface area contributed by atoms with E-state index in [1.165, 1.54) is 0 Å². The Balaban J connectivity index is 1.59. The Kier molecular flexibility index (Phi) is 7.69. The maximum absolute atomic E-state index is 14.2. The summed E-state index contributed by atoms with van der Waals surface area (Å²) < 4.78 is 6.72. The number of rotatable bonds is 5. The molecular weight excluding hydrogens is 504 g/mol. The van der Waals surface area contributed by atoms with Crippen LogP contribution in [-0.2, 0) is 19.1 Å². The smallest absolute Gasteiger partial charge is 0.308 e. The minimum absolute atomic E-state index is 0.139. The lowest BCUT2D eigenvalue weighted by Gasteiger charge is -2.33. The highest BCUT2D eigenvalue weighted by molar-refractivity contribution is 6.00. The molecule has 2 aliphatic heterocycles. The summed E-state index contributed by atoms with van der Waals surface area (Å²) in [7, 11) is 0. The number of hydrogen-bond acceptors (Lipinski definition) is 4. The van der Waals surface area contributed by atoms with E-state index < -0.39 is 24.1 Å². The van der Waals surface area contributed by atoms with Crippen LogP contribution in [-0.4, -0.2) is 53.5 Å². The molecule has 1 saturated heterocycles. The lowest BCUT2D eigenvalue weighted by molar-refractivity contribution is -0.148. The van der Waals surface area contributed by atoms with Gasteiger partial charge in [0.05, 0.1) is 12.3 Å². The van der Waals surface area contributed by atoms with Crippen molar-refractivity contribution in [2.45, 2.75) is 59.2 Å². The zero-order chi connectivity index (χ0) is 28.6. The topological polar surface area (TPSA) is 87.1 Å². The summed E-state index contributed by atoms with van der Waals surface area (Å²) in [4.78, 5) is 42.8. The Labute approximate surface area is 235 Å². The fourth-order valence-corrected chi connectivity index (χ4v) is 5.90. The van der Waals surface area contributed by atoms with Crippen LogP contribution in [0.1, 0.15) is 62.8 Å². The molecule has 3 aromatic carbocycles. The Morgan fingerprint density at radius 3 is 2.52 bits per heavy atom. The molecule has 1 fully saturated rings.